The highest BCUT2D eigenvalue weighted by atomic mass is 79.9. The lowest BCUT2D eigenvalue weighted by Crippen LogP contribution is -2.01. The number of nitro benzene ring substituents is 1. The number of nitrogens with zero attached hydrogens (tertiary/aromatic N) is 1. The fraction of sp³-hybridized carbons (Fsp3) is 0.250. The van der Waals surface area contributed by atoms with Crippen LogP contribution in [0.25, 0.3) is 6.08 Å². The highest BCUT2D eigenvalue weighted by molar-refractivity contribution is 9.10. The summed E-state index contributed by atoms with van der Waals surface area (Å²) in [7, 11) is 0. The summed E-state index contributed by atoms with van der Waals surface area (Å²) in [6.07, 6.45) is 3.19. The van der Waals surface area contributed by atoms with Crippen LogP contribution in [0, 0.1) is 10.1 Å². The Morgan fingerprint density at radius 1 is 1.56 bits per heavy atom. The van der Waals surface area contributed by atoms with Crippen molar-refractivity contribution in [1.29, 1.82) is 0 Å². The summed E-state index contributed by atoms with van der Waals surface area (Å²) >= 11 is 3.17. The number of hydrogen-bond donors (Lipinski definition) is 0. The van der Waals surface area contributed by atoms with E-state index in [4.69, 9.17) is 4.74 Å². The molecule has 0 unspecified atom stereocenters. The molecule has 0 radical (unpaired) electrons. The second-order valence-corrected chi connectivity index (χ2v) is 4.29. The maximum absolute atomic E-state index is 11.1. The zero-order valence-electron chi connectivity index (χ0n) is 9.76. The Hall–Kier alpha value is -1.69. The third kappa shape index (κ3) is 4.29. The number of benzene rings is 1. The monoisotopic (exact) mass is 313 g/mol. The van der Waals surface area contributed by atoms with Gasteiger partial charge in [-0.3, -0.25) is 14.9 Å². The predicted octanol–water partition coefficient (Wildman–Crippen LogP) is 3.32. The SMILES string of the molecule is CCOC(=O)CC=Cc1ccc(Br)cc1[N+](=O)[O-]. The molecule has 0 amide bonds. The van der Waals surface area contributed by atoms with Gasteiger partial charge in [0.05, 0.1) is 23.5 Å². The van der Waals surface area contributed by atoms with Crippen LogP contribution in [0.1, 0.15) is 18.9 Å². The average molecular weight is 314 g/mol. The number of rotatable bonds is 5. The fourth-order valence-corrected chi connectivity index (χ4v) is 1.67. The second-order valence-electron chi connectivity index (χ2n) is 3.37. The molecule has 0 aromatic heterocycles. The Morgan fingerprint density at radius 2 is 2.28 bits per heavy atom. The van der Waals surface area contributed by atoms with E-state index in [0.29, 0.717) is 16.6 Å². The van der Waals surface area contributed by atoms with Crippen molar-refractivity contribution in [1.82, 2.24) is 0 Å². The highest BCUT2D eigenvalue weighted by Gasteiger charge is 2.11. The van der Waals surface area contributed by atoms with Crippen molar-refractivity contribution in [2.24, 2.45) is 0 Å². The zero-order valence-corrected chi connectivity index (χ0v) is 11.3. The largest absolute Gasteiger partial charge is 0.466 e. The second kappa shape index (κ2) is 6.90. The first-order chi connectivity index (χ1) is 8.54. The highest BCUT2D eigenvalue weighted by Crippen LogP contribution is 2.24. The first-order valence-corrected chi connectivity index (χ1v) is 6.10. The van der Waals surface area contributed by atoms with Crippen LogP contribution in [0.2, 0.25) is 0 Å². The van der Waals surface area contributed by atoms with E-state index in [9.17, 15) is 14.9 Å². The Kier molecular flexibility index (Phi) is 5.51. The number of ether oxygens (including phenoxy) is 1. The van der Waals surface area contributed by atoms with Crippen molar-refractivity contribution in [3.8, 4) is 0 Å². The minimum Gasteiger partial charge on any atom is -0.466 e. The molecule has 6 heteroatoms. The normalized spacial score (nSPS) is 10.6. The van der Waals surface area contributed by atoms with E-state index in [1.54, 1.807) is 31.2 Å². The van der Waals surface area contributed by atoms with E-state index in [-0.39, 0.29) is 18.1 Å². The van der Waals surface area contributed by atoms with Gasteiger partial charge in [-0.15, -0.1) is 0 Å². The number of carbonyl (C=O) groups excluding carboxylic acids is 1. The summed E-state index contributed by atoms with van der Waals surface area (Å²) < 4.78 is 5.38. The van der Waals surface area contributed by atoms with Gasteiger partial charge >= 0.3 is 5.97 Å². The number of nitro groups is 1. The molecule has 0 fully saturated rings. The summed E-state index contributed by atoms with van der Waals surface area (Å²) in [6.45, 7) is 2.05. The molecule has 0 aliphatic heterocycles. The molecule has 1 rings (SSSR count). The maximum Gasteiger partial charge on any atom is 0.309 e. The summed E-state index contributed by atoms with van der Waals surface area (Å²) in [5, 5.41) is 10.8. The number of halogens is 1. The van der Waals surface area contributed by atoms with Gasteiger partial charge in [-0.2, -0.15) is 0 Å². The lowest BCUT2D eigenvalue weighted by molar-refractivity contribution is -0.385. The lowest BCUT2D eigenvalue weighted by atomic mass is 10.1. The summed E-state index contributed by atoms with van der Waals surface area (Å²) in [5.74, 6) is -0.353. The molecule has 0 saturated carbocycles. The first-order valence-electron chi connectivity index (χ1n) is 5.30. The topological polar surface area (TPSA) is 69.4 Å². The molecule has 0 bridgehead atoms. The van der Waals surface area contributed by atoms with Crippen LogP contribution in [-0.2, 0) is 9.53 Å². The van der Waals surface area contributed by atoms with Crippen LogP contribution in [-0.4, -0.2) is 17.5 Å². The van der Waals surface area contributed by atoms with Gasteiger partial charge in [0.15, 0.2) is 0 Å². The average Bonchev–Trinajstić information content (AvgIpc) is 2.31. The minimum atomic E-state index is -0.463. The van der Waals surface area contributed by atoms with E-state index in [1.165, 1.54) is 6.07 Å². The van der Waals surface area contributed by atoms with Crippen molar-refractivity contribution in [3.05, 3.63) is 44.4 Å². The van der Waals surface area contributed by atoms with Gasteiger partial charge in [-0.1, -0.05) is 28.1 Å². The number of carbonyl (C=O) groups is 1. The van der Waals surface area contributed by atoms with Gasteiger partial charge in [-0.25, -0.2) is 0 Å². The zero-order chi connectivity index (χ0) is 13.5. The van der Waals surface area contributed by atoms with Crippen LogP contribution in [0.4, 0.5) is 5.69 Å². The van der Waals surface area contributed by atoms with Crippen molar-refractivity contribution in [2.75, 3.05) is 6.61 Å². The third-order valence-corrected chi connectivity index (χ3v) is 2.57. The molecular weight excluding hydrogens is 302 g/mol. The maximum atomic E-state index is 11.1. The van der Waals surface area contributed by atoms with Crippen LogP contribution in [0.5, 0.6) is 0 Å². The van der Waals surface area contributed by atoms with Gasteiger partial charge in [0.2, 0.25) is 0 Å². The molecular formula is C12H12BrNO4. The van der Waals surface area contributed by atoms with E-state index in [1.807, 2.05) is 0 Å². The van der Waals surface area contributed by atoms with Gasteiger partial charge in [-0.05, 0) is 19.1 Å². The number of hydrogen-bond acceptors (Lipinski definition) is 4. The lowest BCUT2D eigenvalue weighted by Gasteiger charge is -1.99. The number of esters is 1. The molecule has 18 heavy (non-hydrogen) atoms. The van der Waals surface area contributed by atoms with Crippen molar-refractivity contribution < 1.29 is 14.5 Å². The third-order valence-electron chi connectivity index (χ3n) is 2.08. The van der Waals surface area contributed by atoms with Gasteiger partial charge < -0.3 is 4.74 Å². The first kappa shape index (κ1) is 14.4. The molecule has 0 saturated heterocycles. The molecule has 0 heterocycles. The summed E-state index contributed by atoms with van der Waals surface area (Å²) in [5.41, 5.74) is 0.442. The van der Waals surface area contributed by atoms with Crippen LogP contribution >= 0.6 is 15.9 Å². The van der Waals surface area contributed by atoms with E-state index < -0.39 is 4.92 Å². The van der Waals surface area contributed by atoms with Gasteiger partial charge in [0.1, 0.15) is 0 Å². The Balaban J connectivity index is 2.81. The molecule has 1 aromatic rings. The van der Waals surface area contributed by atoms with Gasteiger partial charge in [0.25, 0.3) is 5.69 Å². The molecule has 0 aliphatic rings. The van der Waals surface area contributed by atoms with Gasteiger partial charge in [0, 0.05) is 10.5 Å². The summed E-state index contributed by atoms with van der Waals surface area (Å²) in [4.78, 5) is 21.5. The van der Waals surface area contributed by atoms with E-state index >= 15 is 0 Å². The van der Waals surface area contributed by atoms with Crippen LogP contribution < -0.4 is 0 Å². The Morgan fingerprint density at radius 3 is 2.89 bits per heavy atom. The molecule has 0 N–H and O–H groups in total. The van der Waals surface area contributed by atoms with E-state index in [2.05, 4.69) is 15.9 Å². The Labute approximate surface area is 113 Å². The Bertz CT molecular complexity index is 485. The molecule has 0 aliphatic carbocycles. The smallest absolute Gasteiger partial charge is 0.309 e. The fourth-order valence-electron chi connectivity index (χ4n) is 1.32. The molecule has 0 spiro atoms. The van der Waals surface area contributed by atoms with Crippen LogP contribution in [0.3, 0.4) is 0 Å². The standard InChI is InChI=1S/C12H12BrNO4/c1-2-18-12(15)5-3-4-9-6-7-10(13)8-11(9)14(16)17/h3-4,6-8H,2,5H2,1H3. The molecule has 1 aromatic carbocycles. The molecule has 0 atom stereocenters. The van der Waals surface area contributed by atoms with E-state index in [0.717, 1.165) is 0 Å². The molecule has 5 nitrogen and oxygen atoms in total. The van der Waals surface area contributed by atoms with Crippen molar-refractivity contribution in [2.45, 2.75) is 13.3 Å². The predicted molar refractivity (Wildman–Crippen MR) is 71.1 cm³/mol. The quantitative estimate of drug-likeness (QED) is 0.475. The summed E-state index contributed by atoms with van der Waals surface area (Å²) in [6, 6.07) is 4.74. The molecule has 96 valence electrons. The van der Waals surface area contributed by atoms with Crippen molar-refractivity contribution in [3.63, 3.8) is 0 Å². The minimum absolute atomic E-state index is 0.00974. The van der Waals surface area contributed by atoms with Crippen molar-refractivity contribution >= 4 is 33.7 Å². The van der Waals surface area contributed by atoms with Crippen LogP contribution in [0.15, 0.2) is 28.7 Å².